The fourth-order valence-electron chi connectivity index (χ4n) is 3.66. The smallest absolute Gasteiger partial charge is 0.264 e. The van der Waals surface area contributed by atoms with E-state index in [1.54, 1.807) is 42.5 Å². The van der Waals surface area contributed by atoms with Crippen molar-refractivity contribution in [2.45, 2.75) is 31.2 Å². The van der Waals surface area contributed by atoms with Gasteiger partial charge in [-0.1, -0.05) is 74.5 Å². The molecule has 0 fully saturated rings. The monoisotopic (exact) mass is 466 g/mol. The number of benzene rings is 3. The fraction of sp³-hybridized carbons (Fsp3) is 0.269. The van der Waals surface area contributed by atoms with Gasteiger partial charge in [-0.3, -0.25) is 9.10 Å². The van der Waals surface area contributed by atoms with Gasteiger partial charge in [0.05, 0.1) is 23.7 Å². The molecule has 0 aliphatic rings. The Bertz CT molecular complexity index is 1150. The Hall–Kier alpha value is -3.32. The molecule has 3 aromatic rings. The van der Waals surface area contributed by atoms with E-state index in [0.29, 0.717) is 17.4 Å². The molecular weight excluding hydrogens is 436 g/mol. The lowest BCUT2D eigenvalue weighted by molar-refractivity contribution is -0.120. The Morgan fingerprint density at radius 1 is 0.909 bits per heavy atom. The molecule has 0 saturated carbocycles. The summed E-state index contributed by atoms with van der Waals surface area (Å²) in [7, 11) is -2.54. The van der Waals surface area contributed by atoms with Crippen molar-refractivity contribution >= 4 is 21.6 Å². The minimum atomic E-state index is -4.01. The van der Waals surface area contributed by atoms with Gasteiger partial charge in [-0.2, -0.15) is 0 Å². The molecule has 0 aliphatic heterocycles. The summed E-state index contributed by atoms with van der Waals surface area (Å²) in [5, 5.41) is 3.04. The highest BCUT2D eigenvalue weighted by Gasteiger charge is 2.30. The van der Waals surface area contributed by atoms with Crippen molar-refractivity contribution in [1.82, 2.24) is 5.32 Å². The molecule has 33 heavy (non-hydrogen) atoms. The molecule has 0 saturated heterocycles. The van der Waals surface area contributed by atoms with E-state index in [0.717, 1.165) is 16.3 Å². The van der Waals surface area contributed by atoms with E-state index in [2.05, 4.69) is 19.2 Å². The standard InChI is InChI=1S/C26H30N2O4S/c1-20(2)18-23(21-12-6-4-7-13-21)27-26(29)19-28(24-16-10-11-17-25(24)32-3)33(30,31)22-14-8-5-9-15-22/h4-17,20,23H,18-19H2,1-3H3,(H,27,29)/t23-/m0/s1. The number of carbonyl (C=O) groups is 1. The highest BCUT2D eigenvalue weighted by atomic mass is 32.2. The second-order valence-corrected chi connectivity index (χ2v) is 10.0. The molecule has 1 amide bonds. The zero-order chi connectivity index (χ0) is 23.8. The summed E-state index contributed by atoms with van der Waals surface area (Å²) in [6.45, 7) is 3.80. The highest BCUT2D eigenvalue weighted by molar-refractivity contribution is 7.92. The van der Waals surface area contributed by atoms with Gasteiger partial charge in [-0.15, -0.1) is 0 Å². The first kappa shape index (κ1) is 24.3. The van der Waals surface area contributed by atoms with Crippen LogP contribution in [0.1, 0.15) is 31.9 Å². The van der Waals surface area contributed by atoms with Crippen molar-refractivity contribution in [3.05, 3.63) is 90.5 Å². The zero-order valence-corrected chi connectivity index (χ0v) is 20.0. The summed E-state index contributed by atoms with van der Waals surface area (Å²) in [5.74, 6) is 0.315. The van der Waals surface area contributed by atoms with Crippen LogP contribution in [0, 0.1) is 5.92 Å². The minimum absolute atomic E-state index is 0.102. The lowest BCUT2D eigenvalue weighted by Crippen LogP contribution is -2.42. The number of sulfonamides is 1. The van der Waals surface area contributed by atoms with Crippen LogP contribution in [0.5, 0.6) is 5.75 Å². The molecule has 6 nitrogen and oxygen atoms in total. The number of nitrogens with one attached hydrogen (secondary N) is 1. The van der Waals surface area contributed by atoms with Crippen molar-refractivity contribution < 1.29 is 17.9 Å². The number of hydrogen-bond donors (Lipinski definition) is 1. The van der Waals surface area contributed by atoms with Crippen LogP contribution in [0.4, 0.5) is 5.69 Å². The molecule has 0 aliphatic carbocycles. The molecule has 3 aromatic carbocycles. The lowest BCUT2D eigenvalue weighted by Gasteiger charge is -2.27. The maximum atomic E-state index is 13.6. The number of hydrogen-bond acceptors (Lipinski definition) is 4. The normalized spacial score (nSPS) is 12.2. The number of rotatable bonds is 10. The predicted molar refractivity (Wildman–Crippen MR) is 131 cm³/mol. The van der Waals surface area contributed by atoms with E-state index < -0.39 is 15.9 Å². The Kier molecular flexibility index (Phi) is 8.11. The van der Waals surface area contributed by atoms with Gasteiger partial charge in [0, 0.05) is 0 Å². The fourth-order valence-corrected chi connectivity index (χ4v) is 5.11. The minimum Gasteiger partial charge on any atom is -0.495 e. The Labute approximate surface area is 196 Å². The Balaban J connectivity index is 1.95. The molecule has 0 spiro atoms. The molecule has 0 unspecified atom stereocenters. The number of ether oxygens (including phenoxy) is 1. The second-order valence-electron chi connectivity index (χ2n) is 8.16. The van der Waals surface area contributed by atoms with Crippen molar-refractivity contribution in [2.75, 3.05) is 18.0 Å². The lowest BCUT2D eigenvalue weighted by atomic mass is 9.97. The van der Waals surface area contributed by atoms with Crippen LogP contribution in [0.2, 0.25) is 0 Å². The van der Waals surface area contributed by atoms with Crippen molar-refractivity contribution in [3.63, 3.8) is 0 Å². The molecule has 0 bridgehead atoms. The van der Waals surface area contributed by atoms with Crippen molar-refractivity contribution in [1.29, 1.82) is 0 Å². The summed E-state index contributed by atoms with van der Waals surface area (Å²) in [4.78, 5) is 13.3. The average Bonchev–Trinajstić information content (AvgIpc) is 2.83. The number of nitrogens with zero attached hydrogens (tertiary/aromatic N) is 1. The first-order valence-electron chi connectivity index (χ1n) is 10.9. The summed E-state index contributed by atoms with van der Waals surface area (Å²) in [6, 6.07) is 24.3. The second kappa shape index (κ2) is 11.0. The number of carbonyl (C=O) groups excluding carboxylic acids is 1. The number of para-hydroxylation sites is 2. The Morgan fingerprint density at radius 3 is 2.09 bits per heavy atom. The number of amides is 1. The molecule has 3 rings (SSSR count). The molecule has 1 N–H and O–H groups in total. The van der Waals surface area contributed by atoms with Gasteiger partial charge in [0.1, 0.15) is 12.3 Å². The van der Waals surface area contributed by atoms with Gasteiger partial charge in [0.25, 0.3) is 10.0 Å². The molecular formula is C26H30N2O4S. The van der Waals surface area contributed by atoms with Gasteiger partial charge in [0.2, 0.25) is 5.91 Å². The zero-order valence-electron chi connectivity index (χ0n) is 19.1. The summed E-state index contributed by atoms with van der Waals surface area (Å²) in [6.07, 6.45) is 0.732. The molecule has 0 heterocycles. The van der Waals surface area contributed by atoms with E-state index in [9.17, 15) is 13.2 Å². The predicted octanol–water partition coefficient (Wildman–Crippen LogP) is 4.79. The van der Waals surface area contributed by atoms with Gasteiger partial charge in [-0.05, 0) is 42.2 Å². The Morgan fingerprint density at radius 2 is 1.48 bits per heavy atom. The number of anilines is 1. The first-order valence-corrected chi connectivity index (χ1v) is 12.3. The molecule has 174 valence electrons. The maximum Gasteiger partial charge on any atom is 0.264 e. The maximum absolute atomic E-state index is 13.6. The van der Waals surface area contributed by atoms with Gasteiger partial charge in [-0.25, -0.2) is 8.42 Å². The van der Waals surface area contributed by atoms with Gasteiger partial charge >= 0.3 is 0 Å². The third-order valence-electron chi connectivity index (χ3n) is 5.22. The largest absolute Gasteiger partial charge is 0.495 e. The summed E-state index contributed by atoms with van der Waals surface area (Å²) < 4.78 is 33.6. The summed E-state index contributed by atoms with van der Waals surface area (Å²) >= 11 is 0. The SMILES string of the molecule is COc1ccccc1N(CC(=O)N[C@@H](CC(C)C)c1ccccc1)S(=O)(=O)c1ccccc1. The molecule has 1 atom stereocenters. The molecule has 7 heteroatoms. The first-order chi connectivity index (χ1) is 15.8. The van der Waals surface area contributed by atoms with E-state index in [4.69, 9.17) is 4.74 Å². The van der Waals surface area contributed by atoms with Crippen LogP contribution in [-0.2, 0) is 14.8 Å². The van der Waals surface area contributed by atoms with Crippen LogP contribution in [-0.4, -0.2) is 28.0 Å². The van der Waals surface area contributed by atoms with E-state index in [1.807, 2.05) is 30.3 Å². The van der Waals surface area contributed by atoms with Crippen molar-refractivity contribution in [2.24, 2.45) is 5.92 Å². The third kappa shape index (κ3) is 6.14. The van der Waals surface area contributed by atoms with Crippen molar-refractivity contribution in [3.8, 4) is 5.75 Å². The topological polar surface area (TPSA) is 75.7 Å². The van der Waals surface area contributed by atoms with Crippen LogP contribution in [0.25, 0.3) is 0 Å². The van der Waals surface area contributed by atoms with Crippen LogP contribution >= 0.6 is 0 Å². The molecule has 0 radical (unpaired) electrons. The third-order valence-corrected chi connectivity index (χ3v) is 6.99. The number of methoxy groups -OCH3 is 1. The van der Waals surface area contributed by atoms with E-state index in [1.165, 1.54) is 19.2 Å². The van der Waals surface area contributed by atoms with E-state index >= 15 is 0 Å². The van der Waals surface area contributed by atoms with Gasteiger partial charge < -0.3 is 10.1 Å². The quantitative estimate of drug-likeness (QED) is 0.466. The van der Waals surface area contributed by atoms with Gasteiger partial charge in [0.15, 0.2) is 0 Å². The highest BCUT2D eigenvalue weighted by Crippen LogP contribution is 2.32. The van der Waals surface area contributed by atoms with Crippen LogP contribution < -0.4 is 14.4 Å². The summed E-state index contributed by atoms with van der Waals surface area (Å²) in [5.41, 5.74) is 1.29. The van der Waals surface area contributed by atoms with Crippen LogP contribution in [0.15, 0.2) is 89.8 Å². The molecule has 0 aromatic heterocycles. The van der Waals surface area contributed by atoms with Crippen LogP contribution in [0.3, 0.4) is 0 Å². The van der Waals surface area contributed by atoms with E-state index in [-0.39, 0.29) is 17.5 Å². The average molecular weight is 467 g/mol.